The highest BCUT2D eigenvalue weighted by Crippen LogP contribution is 2.29. The molecule has 1 fully saturated rings. The minimum Gasteiger partial charge on any atom is -0.353 e. The highest BCUT2D eigenvalue weighted by Gasteiger charge is 2.31. The molecule has 4 rings (SSSR count). The summed E-state index contributed by atoms with van der Waals surface area (Å²) in [5.74, 6) is 0.648. The fourth-order valence-corrected chi connectivity index (χ4v) is 3.61. The molecule has 3 aromatic heterocycles. The lowest BCUT2D eigenvalue weighted by Gasteiger charge is -2.35. The molecule has 0 aromatic carbocycles. The van der Waals surface area contributed by atoms with E-state index in [0.29, 0.717) is 48.8 Å². The molecule has 0 atom stereocenters. The van der Waals surface area contributed by atoms with Crippen LogP contribution in [0.15, 0.2) is 42.2 Å². The number of hydrogen-bond donors (Lipinski definition) is 1. The van der Waals surface area contributed by atoms with Crippen LogP contribution in [0.2, 0.25) is 0 Å². The van der Waals surface area contributed by atoms with Gasteiger partial charge >= 0.3 is 6.18 Å². The molecule has 1 aliphatic rings. The van der Waals surface area contributed by atoms with Gasteiger partial charge in [0.2, 0.25) is 5.95 Å². The van der Waals surface area contributed by atoms with Crippen molar-refractivity contribution in [2.45, 2.75) is 6.18 Å². The third kappa shape index (κ3) is 4.48. The molecule has 1 amide bonds. The van der Waals surface area contributed by atoms with Crippen molar-refractivity contribution in [2.24, 2.45) is 0 Å². The zero-order valence-electron chi connectivity index (χ0n) is 15.5. The number of nitrogens with zero attached hydrogens (tertiary/aromatic N) is 6. The summed E-state index contributed by atoms with van der Waals surface area (Å²) in [7, 11) is 0. The van der Waals surface area contributed by atoms with Crippen LogP contribution in [0, 0.1) is 0 Å². The van der Waals surface area contributed by atoms with E-state index in [2.05, 4.69) is 25.3 Å². The Kier molecular flexibility index (Phi) is 5.48. The maximum absolute atomic E-state index is 12.7. The number of rotatable bonds is 4. The number of halogens is 3. The summed E-state index contributed by atoms with van der Waals surface area (Å²) < 4.78 is 38.0. The van der Waals surface area contributed by atoms with Crippen LogP contribution >= 0.6 is 11.3 Å². The second-order valence-corrected chi connectivity index (χ2v) is 7.28. The maximum Gasteiger partial charge on any atom is 0.417 e. The second kappa shape index (κ2) is 8.22. The Labute approximate surface area is 173 Å². The fourth-order valence-electron chi connectivity index (χ4n) is 2.93. The van der Waals surface area contributed by atoms with Gasteiger partial charge in [-0.05, 0) is 18.2 Å². The van der Waals surface area contributed by atoms with Crippen molar-refractivity contribution in [3.8, 4) is 0 Å². The van der Waals surface area contributed by atoms with Gasteiger partial charge in [0.15, 0.2) is 5.13 Å². The first kappa shape index (κ1) is 20.0. The average Bonchev–Trinajstić information content (AvgIpc) is 3.22. The molecule has 0 radical (unpaired) electrons. The normalized spacial score (nSPS) is 14.6. The zero-order valence-corrected chi connectivity index (χ0v) is 16.3. The first-order valence-electron chi connectivity index (χ1n) is 8.97. The molecule has 0 spiro atoms. The lowest BCUT2D eigenvalue weighted by molar-refractivity contribution is -0.137. The Morgan fingerprint density at radius 2 is 1.80 bits per heavy atom. The first-order chi connectivity index (χ1) is 14.4. The van der Waals surface area contributed by atoms with Crippen LogP contribution in [-0.2, 0) is 6.18 Å². The quantitative estimate of drug-likeness (QED) is 0.674. The summed E-state index contributed by atoms with van der Waals surface area (Å²) in [5.41, 5.74) is -0.464. The predicted octanol–water partition coefficient (Wildman–Crippen LogP) is 3.05. The van der Waals surface area contributed by atoms with E-state index >= 15 is 0 Å². The van der Waals surface area contributed by atoms with Crippen molar-refractivity contribution < 1.29 is 18.0 Å². The largest absolute Gasteiger partial charge is 0.417 e. The molecule has 1 N–H and O–H groups in total. The number of hydrogen-bond acceptors (Lipinski definition) is 8. The van der Waals surface area contributed by atoms with Crippen molar-refractivity contribution in [3.05, 3.63) is 53.4 Å². The number of nitrogens with one attached hydrogen (secondary N) is 1. The molecule has 0 bridgehead atoms. The summed E-state index contributed by atoms with van der Waals surface area (Å²) in [6.07, 6.45) is -0.391. The Hall–Kier alpha value is -3.28. The van der Waals surface area contributed by atoms with Gasteiger partial charge in [0.25, 0.3) is 5.91 Å². The smallest absolute Gasteiger partial charge is 0.353 e. The van der Waals surface area contributed by atoms with Crippen LogP contribution in [0.3, 0.4) is 0 Å². The van der Waals surface area contributed by atoms with E-state index in [9.17, 15) is 18.0 Å². The molecule has 8 nitrogen and oxygen atoms in total. The van der Waals surface area contributed by atoms with Gasteiger partial charge in [0, 0.05) is 50.1 Å². The average molecular weight is 435 g/mol. The third-order valence-corrected chi connectivity index (χ3v) is 5.23. The summed E-state index contributed by atoms with van der Waals surface area (Å²) in [6, 6.07) is 4.06. The molecule has 12 heteroatoms. The molecule has 0 saturated carbocycles. The molecule has 30 heavy (non-hydrogen) atoms. The van der Waals surface area contributed by atoms with Crippen LogP contribution in [0.5, 0.6) is 0 Å². The van der Waals surface area contributed by atoms with Crippen molar-refractivity contribution in [1.29, 1.82) is 0 Å². The topological polar surface area (TPSA) is 87.1 Å². The Bertz CT molecular complexity index is 1000. The van der Waals surface area contributed by atoms with E-state index in [1.165, 1.54) is 17.4 Å². The number of anilines is 3. The van der Waals surface area contributed by atoms with Crippen LogP contribution in [0.4, 0.5) is 30.1 Å². The standard InChI is InChI=1S/C18H16F3N7OS/c19-18(20,21)12-2-3-14(24-10-12)27-6-8-28(9-7-27)15(29)13-11-30-17(25-13)26-16-22-4-1-5-23-16/h1-5,10-11H,6-9H2,(H,22,23,25,26). The number of amides is 1. The van der Waals surface area contributed by atoms with E-state index < -0.39 is 11.7 Å². The van der Waals surface area contributed by atoms with Gasteiger partial charge in [-0.1, -0.05) is 0 Å². The van der Waals surface area contributed by atoms with Crippen LogP contribution < -0.4 is 10.2 Å². The molecule has 0 unspecified atom stereocenters. The molecule has 1 saturated heterocycles. The third-order valence-electron chi connectivity index (χ3n) is 4.47. The van der Waals surface area contributed by atoms with E-state index in [-0.39, 0.29) is 5.91 Å². The molecule has 3 aromatic rings. The molecule has 156 valence electrons. The number of carbonyl (C=O) groups excluding carboxylic acids is 1. The van der Waals surface area contributed by atoms with E-state index in [1.807, 2.05) is 4.90 Å². The number of piperazine rings is 1. The first-order valence-corrected chi connectivity index (χ1v) is 9.85. The number of alkyl halides is 3. The number of thiazole rings is 1. The van der Waals surface area contributed by atoms with Crippen molar-refractivity contribution in [2.75, 3.05) is 36.4 Å². The van der Waals surface area contributed by atoms with E-state index in [4.69, 9.17) is 0 Å². The minimum atomic E-state index is -4.41. The highest BCUT2D eigenvalue weighted by atomic mass is 32.1. The Balaban J connectivity index is 1.34. The molecule has 0 aliphatic carbocycles. The van der Waals surface area contributed by atoms with Gasteiger partial charge in [-0.3, -0.25) is 4.79 Å². The van der Waals surface area contributed by atoms with Crippen molar-refractivity contribution in [1.82, 2.24) is 24.8 Å². The van der Waals surface area contributed by atoms with Crippen LogP contribution in [-0.4, -0.2) is 56.9 Å². The molecule has 1 aliphatic heterocycles. The van der Waals surface area contributed by atoms with E-state index in [0.717, 1.165) is 12.3 Å². The molecule has 4 heterocycles. The number of carbonyl (C=O) groups is 1. The van der Waals surface area contributed by atoms with Crippen molar-refractivity contribution in [3.63, 3.8) is 0 Å². The van der Waals surface area contributed by atoms with Gasteiger partial charge in [-0.25, -0.2) is 19.9 Å². The van der Waals surface area contributed by atoms with Gasteiger partial charge in [-0.2, -0.15) is 13.2 Å². The number of pyridine rings is 1. The molecular weight excluding hydrogens is 419 g/mol. The summed E-state index contributed by atoms with van der Waals surface area (Å²) in [6.45, 7) is 1.78. The fraction of sp³-hybridized carbons (Fsp3) is 0.278. The predicted molar refractivity (Wildman–Crippen MR) is 105 cm³/mol. The lowest BCUT2D eigenvalue weighted by atomic mass is 10.2. The van der Waals surface area contributed by atoms with Gasteiger partial charge in [0.1, 0.15) is 11.5 Å². The van der Waals surface area contributed by atoms with Crippen LogP contribution in [0.1, 0.15) is 16.1 Å². The SMILES string of the molecule is O=C(c1csc(Nc2ncccn2)n1)N1CCN(c2ccc(C(F)(F)F)cn2)CC1. The Morgan fingerprint density at radius 1 is 1.07 bits per heavy atom. The van der Waals surface area contributed by atoms with Gasteiger partial charge in [0.05, 0.1) is 5.56 Å². The number of aromatic nitrogens is 4. The van der Waals surface area contributed by atoms with Crippen LogP contribution in [0.25, 0.3) is 0 Å². The van der Waals surface area contributed by atoms with E-state index in [1.54, 1.807) is 28.7 Å². The molecular formula is C18H16F3N7OS. The van der Waals surface area contributed by atoms with Gasteiger partial charge < -0.3 is 15.1 Å². The zero-order chi connectivity index (χ0) is 21.1. The summed E-state index contributed by atoms with van der Waals surface area (Å²) in [4.78, 5) is 32.5. The van der Waals surface area contributed by atoms with Gasteiger partial charge in [-0.15, -0.1) is 11.3 Å². The lowest BCUT2D eigenvalue weighted by Crippen LogP contribution is -2.49. The monoisotopic (exact) mass is 435 g/mol. The summed E-state index contributed by atoms with van der Waals surface area (Å²) in [5, 5.41) is 5.12. The maximum atomic E-state index is 12.7. The Morgan fingerprint density at radius 3 is 2.43 bits per heavy atom. The summed E-state index contributed by atoms with van der Waals surface area (Å²) >= 11 is 1.28. The highest BCUT2D eigenvalue weighted by molar-refractivity contribution is 7.14. The van der Waals surface area contributed by atoms with Crippen molar-refractivity contribution >= 4 is 34.1 Å². The second-order valence-electron chi connectivity index (χ2n) is 6.42. The minimum absolute atomic E-state index is 0.201.